The molecule has 2 aromatic carbocycles. The predicted octanol–water partition coefficient (Wildman–Crippen LogP) is 3.49. The molecule has 20 heavy (non-hydrogen) atoms. The van der Waals surface area contributed by atoms with E-state index in [0.717, 1.165) is 5.56 Å². The topological polar surface area (TPSA) is 64.3 Å². The fraction of sp³-hybridized carbons (Fsp3) is 0.133. The van der Waals surface area contributed by atoms with E-state index in [0.29, 0.717) is 27.7 Å². The zero-order valence-corrected chi connectivity index (χ0v) is 12.0. The van der Waals surface area contributed by atoms with Crippen molar-refractivity contribution >= 4 is 28.9 Å². The van der Waals surface area contributed by atoms with Gasteiger partial charge in [-0.05, 0) is 42.8 Å². The van der Waals surface area contributed by atoms with Crippen LogP contribution in [-0.4, -0.2) is 13.0 Å². The Morgan fingerprint density at radius 3 is 2.65 bits per heavy atom. The number of nitrogens with two attached hydrogens (primary N) is 1. The molecule has 0 aromatic heterocycles. The number of aryl methyl sites for hydroxylation is 1. The Hall–Kier alpha value is -2.20. The van der Waals surface area contributed by atoms with Crippen LogP contribution in [0.3, 0.4) is 0 Å². The molecule has 0 aliphatic heterocycles. The summed E-state index contributed by atoms with van der Waals surface area (Å²) in [4.78, 5) is 12.2. The highest BCUT2D eigenvalue weighted by molar-refractivity contribution is 6.33. The third-order valence-electron chi connectivity index (χ3n) is 2.87. The zero-order valence-electron chi connectivity index (χ0n) is 11.2. The highest BCUT2D eigenvalue weighted by Gasteiger charge is 2.11. The molecule has 0 aliphatic carbocycles. The highest BCUT2D eigenvalue weighted by Crippen LogP contribution is 2.26. The lowest BCUT2D eigenvalue weighted by molar-refractivity contribution is 0.102. The highest BCUT2D eigenvalue weighted by atomic mass is 35.5. The van der Waals surface area contributed by atoms with Gasteiger partial charge < -0.3 is 15.8 Å². The number of ether oxygens (including phenoxy) is 1. The molecule has 0 bridgehead atoms. The van der Waals surface area contributed by atoms with Gasteiger partial charge in [-0.2, -0.15) is 0 Å². The molecular formula is C15H15ClN2O2. The van der Waals surface area contributed by atoms with Crippen LogP contribution in [0.15, 0.2) is 36.4 Å². The number of benzene rings is 2. The lowest BCUT2D eigenvalue weighted by atomic mass is 10.1. The summed E-state index contributed by atoms with van der Waals surface area (Å²) < 4.78 is 5.22. The molecule has 2 rings (SSSR count). The lowest BCUT2D eigenvalue weighted by Gasteiger charge is -2.11. The van der Waals surface area contributed by atoms with Gasteiger partial charge in [-0.15, -0.1) is 0 Å². The summed E-state index contributed by atoms with van der Waals surface area (Å²) in [6, 6.07) is 10.3. The molecule has 0 heterocycles. The second-order valence-electron chi connectivity index (χ2n) is 4.39. The van der Waals surface area contributed by atoms with E-state index in [1.165, 1.54) is 6.07 Å². The normalized spacial score (nSPS) is 10.2. The molecule has 104 valence electrons. The quantitative estimate of drug-likeness (QED) is 0.851. The average Bonchev–Trinajstić information content (AvgIpc) is 2.42. The summed E-state index contributed by atoms with van der Waals surface area (Å²) in [6.07, 6.45) is 0. The van der Waals surface area contributed by atoms with Crippen LogP contribution in [0.4, 0.5) is 11.4 Å². The van der Waals surface area contributed by atoms with Gasteiger partial charge in [0.2, 0.25) is 0 Å². The van der Waals surface area contributed by atoms with E-state index < -0.39 is 0 Å². The van der Waals surface area contributed by atoms with Crippen molar-refractivity contribution in [1.29, 1.82) is 0 Å². The molecule has 4 nitrogen and oxygen atoms in total. The van der Waals surface area contributed by atoms with Crippen molar-refractivity contribution in [3.63, 3.8) is 0 Å². The van der Waals surface area contributed by atoms with E-state index in [-0.39, 0.29) is 5.91 Å². The SMILES string of the molecule is COc1ccc(C)cc1NC(=O)c1ccc(N)c(Cl)c1. The standard InChI is InChI=1S/C15H15ClN2O2/c1-9-3-6-14(20-2)13(7-9)18-15(19)10-4-5-12(17)11(16)8-10/h3-8H,17H2,1-2H3,(H,18,19). The molecule has 0 saturated heterocycles. The number of halogens is 1. The molecule has 3 N–H and O–H groups in total. The number of amides is 1. The molecule has 0 atom stereocenters. The first kappa shape index (κ1) is 14.2. The maximum atomic E-state index is 12.2. The van der Waals surface area contributed by atoms with Gasteiger partial charge in [0.25, 0.3) is 5.91 Å². The minimum atomic E-state index is -0.268. The summed E-state index contributed by atoms with van der Waals surface area (Å²) in [7, 11) is 1.56. The third-order valence-corrected chi connectivity index (χ3v) is 3.19. The molecule has 1 amide bonds. The maximum absolute atomic E-state index is 12.2. The van der Waals surface area contributed by atoms with Crippen LogP contribution in [0.25, 0.3) is 0 Å². The first-order chi connectivity index (χ1) is 9.51. The van der Waals surface area contributed by atoms with Crippen LogP contribution in [0.1, 0.15) is 15.9 Å². The second-order valence-corrected chi connectivity index (χ2v) is 4.80. The molecule has 0 unspecified atom stereocenters. The summed E-state index contributed by atoms with van der Waals surface area (Å²) >= 11 is 5.91. The van der Waals surface area contributed by atoms with Gasteiger partial charge in [0, 0.05) is 5.56 Å². The lowest BCUT2D eigenvalue weighted by Crippen LogP contribution is -2.13. The van der Waals surface area contributed by atoms with Gasteiger partial charge in [0.15, 0.2) is 0 Å². The third kappa shape index (κ3) is 3.03. The number of nitrogens with one attached hydrogen (secondary N) is 1. The van der Waals surface area contributed by atoms with Gasteiger partial charge >= 0.3 is 0 Å². The first-order valence-electron chi connectivity index (χ1n) is 6.02. The Morgan fingerprint density at radius 1 is 1.25 bits per heavy atom. The molecule has 0 fully saturated rings. The monoisotopic (exact) mass is 290 g/mol. The number of rotatable bonds is 3. The Morgan fingerprint density at radius 2 is 2.00 bits per heavy atom. The second kappa shape index (κ2) is 5.84. The van der Waals surface area contributed by atoms with Crippen molar-refractivity contribution in [3.8, 4) is 5.75 Å². The van der Waals surface area contributed by atoms with Crippen LogP contribution in [0, 0.1) is 6.92 Å². The summed E-state index contributed by atoms with van der Waals surface area (Å²) in [5.74, 6) is 0.335. The summed E-state index contributed by atoms with van der Waals surface area (Å²) in [6.45, 7) is 1.94. The van der Waals surface area contributed by atoms with Crippen LogP contribution in [0.2, 0.25) is 5.02 Å². The van der Waals surface area contributed by atoms with Gasteiger partial charge in [-0.25, -0.2) is 0 Å². The van der Waals surface area contributed by atoms with Crippen LogP contribution in [0.5, 0.6) is 5.75 Å². The number of anilines is 2. The van der Waals surface area contributed by atoms with Gasteiger partial charge in [0.1, 0.15) is 5.75 Å². The predicted molar refractivity (Wildman–Crippen MR) is 81.5 cm³/mol. The largest absolute Gasteiger partial charge is 0.495 e. The van der Waals surface area contributed by atoms with Crippen molar-refractivity contribution in [3.05, 3.63) is 52.5 Å². The average molecular weight is 291 g/mol. The molecular weight excluding hydrogens is 276 g/mol. The molecule has 0 spiro atoms. The molecule has 0 radical (unpaired) electrons. The van der Waals surface area contributed by atoms with E-state index >= 15 is 0 Å². The van der Waals surface area contributed by atoms with Crippen molar-refractivity contribution in [1.82, 2.24) is 0 Å². The molecule has 0 aliphatic rings. The van der Waals surface area contributed by atoms with Crippen molar-refractivity contribution in [2.24, 2.45) is 0 Å². The van der Waals surface area contributed by atoms with Crippen molar-refractivity contribution in [2.45, 2.75) is 6.92 Å². The first-order valence-corrected chi connectivity index (χ1v) is 6.40. The van der Waals surface area contributed by atoms with E-state index in [4.69, 9.17) is 22.1 Å². The van der Waals surface area contributed by atoms with Crippen LogP contribution < -0.4 is 15.8 Å². The zero-order chi connectivity index (χ0) is 14.7. The fourth-order valence-corrected chi connectivity index (χ4v) is 1.96. The number of methoxy groups -OCH3 is 1. The molecule has 2 aromatic rings. The van der Waals surface area contributed by atoms with Gasteiger partial charge in [-0.1, -0.05) is 17.7 Å². The Bertz CT molecular complexity index is 656. The van der Waals surface area contributed by atoms with E-state index in [1.807, 2.05) is 19.1 Å². The number of hydrogen-bond acceptors (Lipinski definition) is 3. The number of nitrogen functional groups attached to an aromatic ring is 1. The number of carbonyl (C=O) groups is 1. The number of carbonyl (C=O) groups excluding carboxylic acids is 1. The summed E-state index contributed by atoms with van der Waals surface area (Å²) in [5.41, 5.74) is 8.14. The Kier molecular flexibility index (Phi) is 4.15. The van der Waals surface area contributed by atoms with Gasteiger partial charge in [0.05, 0.1) is 23.5 Å². The molecule has 0 saturated carbocycles. The smallest absolute Gasteiger partial charge is 0.255 e. The van der Waals surface area contributed by atoms with E-state index in [2.05, 4.69) is 5.32 Å². The fourth-order valence-electron chi connectivity index (χ4n) is 1.78. The van der Waals surface area contributed by atoms with E-state index in [1.54, 1.807) is 25.3 Å². The van der Waals surface area contributed by atoms with E-state index in [9.17, 15) is 4.79 Å². The number of hydrogen-bond donors (Lipinski definition) is 2. The summed E-state index contributed by atoms with van der Waals surface area (Å²) in [5, 5.41) is 3.16. The minimum absolute atomic E-state index is 0.268. The minimum Gasteiger partial charge on any atom is -0.495 e. The van der Waals surface area contributed by atoms with Crippen LogP contribution >= 0.6 is 11.6 Å². The van der Waals surface area contributed by atoms with Crippen molar-refractivity contribution in [2.75, 3.05) is 18.2 Å². The Labute approximate surface area is 122 Å². The molecule has 5 heteroatoms. The Balaban J connectivity index is 2.27. The van der Waals surface area contributed by atoms with Crippen molar-refractivity contribution < 1.29 is 9.53 Å². The maximum Gasteiger partial charge on any atom is 0.255 e. The van der Waals surface area contributed by atoms with Gasteiger partial charge in [-0.3, -0.25) is 4.79 Å². The van der Waals surface area contributed by atoms with Crippen LogP contribution in [-0.2, 0) is 0 Å².